The number of carbonyl (C=O) groups is 1. The summed E-state index contributed by atoms with van der Waals surface area (Å²) in [7, 11) is 1.80. The number of halogens is 2. The van der Waals surface area contributed by atoms with E-state index in [0.717, 1.165) is 25.9 Å². The number of piperidine rings is 1. The number of ether oxygens (including phenoxy) is 1. The molecular weight excluding hydrogens is 365 g/mol. The zero-order chi connectivity index (χ0) is 17.8. The molecule has 1 amide bonds. The van der Waals surface area contributed by atoms with E-state index in [9.17, 15) is 4.79 Å². The fourth-order valence-electron chi connectivity index (χ4n) is 2.79. The van der Waals surface area contributed by atoms with Gasteiger partial charge in [0.2, 0.25) is 0 Å². The molecule has 0 bridgehead atoms. The van der Waals surface area contributed by atoms with Gasteiger partial charge in [0.05, 0.1) is 10.0 Å². The van der Waals surface area contributed by atoms with Gasteiger partial charge in [0.1, 0.15) is 6.61 Å². The molecule has 2 aromatic rings. The Labute approximate surface area is 156 Å². The highest BCUT2D eigenvalue weighted by atomic mass is 35.5. The maximum Gasteiger partial charge on any atom is 0.276 e. The standard InChI is InChI=1S/C17H19Cl2N3O3/c1-22(11-5-7-20-8-6-11)17(23)15-9-12(25-21-15)10-24-16-13(18)3-2-4-14(16)19/h2-4,9,11,20H,5-8,10H2,1H3. The van der Waals surface area contributed by atoms with Gasteiger partial charge in [0.25, 0.3) is 5.91 Å². The summed E-state index contributed by atoms with van der Waals surface area (Å²) in [6.45, 7) is 1.92. The van der Waals surface area contributed by atoms with Gasteiger partial charge in [-0.15, -0.1) is 0 Å². The molecule has 6 nitrogen and oxygen atoms in total. The van der Waals surface area contributed by atoms with Crippen molar-refractivity contribution >= 4 is 29.1 Å². The van der Waals surface area contributed by atoms with E-state index in [-0.39, 0.29) is 24.2 Å². The van der Waals surface area contributed by atoms with Crippen LogP contribution in [0.3, 0.4) is 0 Å². The molecule has 2 heterocycles. The van der Waals surface area contributed by atoms with Crippen molar-refractivity contribution in [2.45, 2.75) is 25.5 Å². The lowest BCUT2D eigenvalue weighted by atomic mass is 10.1. The van der Waals surface area contributed by atoms with Crippen molar-refractivity contribution in [2.75, 3.05) is 20.1 Å². The van der Waals surface area contributed by atoms with E-state index in [4.69, 9.17) is 32.5 Å². The second kappa shape index (κ2) is 8.08. The van der Waals surface area contributed by atoms with Crippen LogP contribution in [0.2, 0.25) is 10.0 Å². The number of hydrogen-bond donors (Lipinski definition) is 1. The summed E-state index contributed by atoms with van der Waals surface area (Å²) in [5, 5.41) is 7.97. The Balaban J connectivity index is 1.62. The van der Waals surface area contributed by atoms with Gasteiger partial charge in [0.15, 0.2) is 17.2 Å². The molecule has 0 atom stereocenters. The first-order valence-electron chi connectivity index (χ1n) is 8.06. The number of hydrogen-bond acceptors (Lipinski definition) is 5. The van der Waals surface area contributed by atoms with Gasteiger partial charge >= 0.3 is 0 Å². The number of aromatic nitrogens is 1. The molecule has 1 fully saturated rings. The van der Waals surface area contributed by atoms with E-state index in [1.165, 1.54) is 0 Å². The SMILES string of the molecule is CN(C(=O)c1cc(COc2c(Cl)cccc2Cl)on1)C1CCNCC1. The monoisotopic (exact) mass is 383 g/mol. The van der Waals surface area contributed by atoms with Crippen molar-refractivity contribution in [1.29, 1.82) is 0 Å². The Bertz CT molecular complexity index is 724. The molecule has 8 heteroatoms. The highest BCUT2D eigenvalue weighted by Gasteiger charge is 2.25. The molecule has 3 rings (SSSR count). The van der Waals surface area contributed by atoms with E-state index in [0.29, 0.717) is 21.6 Å². The van der Waals surface area contributed by atoms with E-state index >= 15 is 0 Å². The summed E-state index contributed by atoms with van der Waals surface area (Å²) < 4.78 is 10.8. The van der Waals surface area contributed by atoms with Gasteiger partial charge < -0.3 is 19.5 Å². The Hall–Kier alpha value is -1.76. The number of benzene rings is 1. The molecule has 0 radical (unpaired) electrons. The zero-order valence-electron chi connectivity index (χ0n) is 13.8. The van der Waals surface area contributed by atoms with Crippen LogP contribution in [0.15, 0.2) is 28.8 Å². The fraction of sp³-hybridized carbons (Fsp3) is 0.412. The molecular formula is C17H19Cl2N3O3. The van der Waals surface area contributed by atoms with E-state index < -0.39 is 0 Å². The molecule has 25 heavy (non-hydrogen) atoms. The van der Waals surface area contributed by atoms with E-state index in [1.807, 2.05) is 0 Å². The van der Waals surface area contributed by atoms with Gasteiger partial charge in [-0.25, -0.2) is 0 Å². The molecule has 0 unspecified atom stereocenters. The average Bonchev–Trinajstić information content (AvgIpc) is 3.10. The van der Waals surface area contributed by atoms with Crippen molar-refractivity contribution < 1.29 is 14.1 Å². The van der Waals surface area contributed by atoms with Gasteiger partial charge in [-0.2, -0.15) is 0 Å². The summed E-state index contributed by atoms with van der Waals surface area (Å²) in [6.07, 6.45) is 1.86. The smallest absolute Gasteiger partial charge is 0.276 e. The molecule has 0 spiro atoms. The molecule has 1 N–H and O–H groups in total. The second-order valence-electron chi connectivity index (χ2n) is 5.92. The first-order valence-corrected chi connectivity index (χ1v) is 8.82. The van der Waals surface area contributed by atoms with Crippen LogP contribution in [0, 0.1) is 0 Å². The zero-order valence-corrected chi connectivity index (χ0v) is 15.3. The van der Waals surface area contributed by atoms with Crippen molar-refractivity contribution in [3.8, 4) is 5.75 Å². The Morgan fingerprint density at radius 2 is 2.04 bits per heavy atom. The number of para-hydroxylation sites is 1. The summed E-state index contributed by atoms with van der Waals surface area (Å²) in [4.78, 5) is 14.3. The third-order valence-electron chi connectivity index (χ3n) is 4.23. The first kappa shape index (κ1) is 18.0. The van der Waals surface area contributed by atoms with Crippen LogP contribution < -0.4 is 10.1 Å². The van der Waals surface area contributed by atoms with Crippen LogP contribution in [-0.4, -0.2) is 42.1 Å². The summed E-state index contributed by atoms with van der Waals surface area (Å²) in [6, 6.07) is 6.91. The Morgan fingerprint density at radius 1 is 1.36 bits per heavy atom. The minimum Gasteiger partial charge on any atom is -0.482 e. The molecule has 1 aliphatic heterocycles. The fourth-order valence-corrected chi connectivity index (χ4v) is 3.29. The Morgan fingerprint density at radius 3 is 2.72 bits per heavy atom. The maximum absolute atomic E-state index is 12.5. The summed E-state index contributed by atoms with van der Waals surface area (Å²) in [5.74, 6) is 0.651. The van der Waals surface area contributed by atoms with E-state index in [1.54, 1.807) is 36.2 Å². The van der Waals surface area contributed by atoms with Crippen LogP contribution in [0.25, 0.3) is 0 Å². The number of carbonyl (C=O) groups excluding carboxylic acids is 1. The van der Waals surface area contributed by atoms with Gasteiger partial charge in [-0.05, 0) is 38.1 Å². The van der Waals surface area contributed by atoms with Crippen LogP contribution in [0.5, 0.6) is 5.75 Å². The van der Waals surface area contributed by atoms with Gasteiger partial charge in [0, 0.05) is 19.2 Å². The maximum atomic E-state index is 12.5. The largest absolute Gasteiger partial charge is 0.482 e. The molecule has 1 aliphatic rings. The number of nitrogens with one attached hydrogen (secondary N) is 1. The van der Waals surface area contributed by atoms with Crippen LogP contribution >= 0.6 is 23.2 Å². The first-order chi connectivity index (χ1) is 12.1. The van der Waals surface area contributed by atoms with Crippen molar-refractivity contribution in [1.82, 2.24) is 15.4 Å². The Kier molecular flexibility index (Phi) is 5.83. The quantitative estimate of drug-likeness (QED) is 0.856. The normalized spacial score (nSPS) is 15.2. The molecule has 1 aromatic carbocycles. The average molecular weight is 384 g/mol. The third kappa shape index (κ3) is 4.26. The predicted molar refractivity (Wildman–Crippen MR) is 95.3 cm³/mol. The van der Waals surface area contributed by atoms with Crippen LogP contribution in [0.1, 0.15) is 29.1 Å². The lowest BCUT2D eigenvalue weighted by molar-refractivity contribution is 0.0692. The van der Waals surface area contributed by atoms with Crippen molar-refractivity contribution in [3.05, 3.63) is 45.8 Å². The number of amides is 1. The minimum absolute atomic E-state index is 0.0841. The summed E-state index contributed by atoms with van der Waals surface area (Å²) >= 11 is 12.1. The third-order valence-corrected chi connectivity index (χ3v) is 4.83. The summed E-state index contributed by atoms with van der Waals surface area (Å²) in [5.41, 5.74) is 0.268. The van der Waals surface area contributed by atoms with E-state index in [2.05, 4.69) is 10.5 Å². The van der Waals surface area contributed by atoms with Crippen molar-refractivity contribution in [3.63, 3.8) is 0 Å². The highest BCUT2D eigenvalue weighted by molar-refractivity contribution is 6.37. The predicted octanol–water partition coefficient (Wildman–Crippen LogP) is 3.38. The number of rotatable bonds is 5. The minimum atomic E-state index is -0.155. The van der Waals surface area contributed by atoms with Crippen molar-refractivity contribution in [2.24, 2.45) is 0 Å². The molecule has 0 aliphatic carbocycles. The lowest BCUT2D eigenvalue weighted by Crippen LogP contribution is -2.44. The molecule has 1 aromatic heterocycles. The van der Waals surface area contributed by atoms with Crippen LogP contribution in [0.4, 0.5) is 0 Å². The number of nitrogens with zero attached hydrogens (tertiary/aromatic N) is 2. The molecule has 134 valence electrons. The van der Waals surface area contributed by atoms with Gasteiger partial charge in [-0.1, -0.05) is 34.4 Å². The highest BCUT2D eigenvalue weighted by Crippen LogP contribution is 2.33. The molecule has 0 saturated carbocycles. The second-order valence-corrected chi connectivity index (χ2v) is 6.73. The van der Waals surface area contributed by atoms with Gasteiger partial charge in [-0.3, -0.25) is 4.79 Å². The van der Waals surface area contributed by atoms with Crippen LogP contribution in [-0.2, 0) is 6.61 Å². The lowest BCUT2D eigenvalue weighted by Gasteiger charge is -2.31. The molecule has 1 saturated heterocycles. The topological polar surface area (TPSA) is 67.6 Å².